The van der Waals surface area contributed by atoms with Crippen molar-refractivity contribution >= 4 is 17.6 Å². The lowest BCUT2D eigenvalue weighted by Gasteiger charge is -2.16. The third kappa shape index (κ3) is 3.00. The molecule has 2 rings (SSSR count). The molecule has 0 aliphatic carbocycles. The van der Waals surface area contributed by atoms with Crippen molar-refractivity contribution in [2.75, 3.05) is 0 Å². The number of carbonyl (C=O) groups is 1. The quantitative estimate of drug-likeness (QED) is 0.889. The summed E-state index contributed by atoms with van der Waals surface area (Å²) < 4.78 is 1.57. The van der Waals surface area contributed by atoms with Crippen LogP contribution in [-0.2, 0) is 13.6 Å². The molecule has 0 amide bonds. The Kier molecular flexibility index (Phi) is 4.42. The fourth-order valence-electron chi connectivity index (χ4n) is 2.04. The number of halogens is 1. The maximum absolute atomic E-state index is 11.1. The Hall–Kier alpha value is -1.85. The van der Waals surface area contributed by atoms with E-state index in [2.05, 4.69) is 10.4 Å². The van der Waals surface area contributed by atoms with Gasteiger partial charge in [0.2, 0.25) is 0 Å². The van der Waals surface area contributed by atoms with Crippen molar-refractivity contribution in [3.05, 3.63) is 52.3 Å². The largest absolute Gasteiger partial charge is 0.478 e. The van der Waals surface area contributed by atoms with E-state index in [1.165, 1.54) is 6.20 Å². The zero-order valence-corrected chi connectivity index (χ0v) is 12.1. The number of nitrogens with one attached hydrogen (secondary N) is 1. The Labute approximate surface area is 122 Å². The van der Waals surface area contributed by atoms with E-state index >= 15 is 0 Å². The number of rotatable bonds is 5. The molecule has 0 bridgehead atoms. The third-order valence-electron chi connectivity index (χ3n) is 3.24. The summed E-state index contributed by atoms with van der Waals surface area (Å²) in [6, 6.07) is 7.59. The molecule has 0 aliphatic heterocycles. The molecule has 0 unspecified atom stereocenters. The van der Waals surface area contributed by atoms with Gasteiger partial charge in [0.15, 0.2) is 0 Å². The number of carboxylic acid groups (broad SMARTS) is 1. The van der Waals surface area contributed by atoms with E-state index in [0.29, 0.717) is 17.3 Å². The van der Waals surface area contributed by atoms with Gasteiger partial charge in [0.1, 0.15) is 5.56 Å². The molecule has 20 heavy (non-hydrogen) atoms. The summed E-state index contributed by atoms with van der Waals surface area (Å²) in [6.07, 6.45) is 1.36. The molecule has 2 N–H and O–H groups in total. The lowest BCUT2D eigenvalue weighted by atomic mass is 10.1. The molecule has 6 heteroatoms. The first-order valence-electron chi connectivity index (χ1n) is 6.22. The number of carboxylic acids is 1. The maximum Gasteiger partial charge on any atom is 0.339 e. The number of nitrogens with zero attached hydrogens (tertiary/aromatic N) is 2. The van der Waals surface area contributed by atoms with Crippen LogP contribution in [0.15, 0.2) is 30.5 Å². The van der Waals surface area contributed by atoms with Crippen LogP contribution < -0.4 is 5.32 Å². The molecule has 0 radical (unpaired) electrons. The number of aromatic carboxylic acids is 1. The highest BCUT2D eigenvalue weighted by Gasteiger charge is 2.16. The number of hydrogen-bond donors (Lipinski definition) is 2. The predicted molar refractivity (Wildman–Crippen MR) is 76.9 cm³/mol. The average molecular weight is 294 g/mol. The Morgan fingerprint density at radius 3 is 2.85 bits per heavy atom. The minimum absolute atomic E-state index is 0.0141. The summed E-state index contributed by atoms with van der Waals surface area (Å²) in [6.45, 7) is 2.39. The molecular weight excluding hydrogens is 278 g/mol. The van der Waals surface area contributed by atoms with E-state index in [4.69, 9.17) is 16.7 Å². The minimum atomic E-state index is -0.972. The summed E-state index contributed by atoms with van der Waals surface area (Å²) in [4.78, 5) is 11.1. The first-order valence-corrected chi connectivity index (χ1v) is 6.60. The zero-order valence-electron chi connectivity index (χ0n) is 11.3. The SMILES string of the molecule is C[C@H](NCc1c(C(=O)O)cnn1C)c1ccccc1Cl. The lowest BCUT2D eigenvalue weighted by molar-refractivity contribution is 0.0695. The van der Waals surface area contributed by atoms with Crippen LogP contribution in [0.5, 0.6) is 0 Å². The van der Waals surface area contributed by atoms with E-state index in [1.807, 2.05) is 31.2 Å². The Morgan fingerprint density at radius 1 is 1.50 bits per heavy atom. The smallest absolute Gasteiger partial charge is 0.339 e. The summed E-state index contributed by atoms with van der Waals surface area (Å²) in [7, 11) is 1.73. The molecule has 106 valence electrons. The average Bonchev–Trinajstić information content (AvgIpc) is 2.78. The Balaban J connectivity index is 2.11. The second-order valence-corrected chi connectivity index (χ2v) is 4.96. The monoisotopic (exact) mass is 293 g/mol. The Morgan fingerprint density at radius 2 is 2.20 bits per heavy atom. The number of hydrogen-bond acceptors (Lipinski definition) is 3. The highest BCUT2D eigenvalue weighted by Crippen LogP contribution is 2.22. The second-order valence-electron chi connectivity index (χ2n) is 4.56. The van der Waals surface area contributed by atoms with Crippen molar-refractivity contribution < 1.29 is 9.90 Å². The van der Waals surface area contributed by atoms with Gasteiger partial charge >= 0.3 is 5.97 Å². The maximum atomic E-state index is 11.1. The molecule has 2 aromatic rings. The van der Waals surface area contributed by atoms with Gasteiger partial charge in [0.25, 0.3) is 0 Å². The Bertz CT molecular complexity index is 625. The fraction of sp³-hybridized carbons (Fsp3) is 0.286. The molecule has 1 heterocycles. The molecule has 0 saturated heterocycles. The first-order chi connectivity index (χ1) is 9.50. The van der Waals surface area contributed by atoms with Gasteiger partial charge in [-0.25, -0.2) is 4.79 Å². The first kappa shape index (κ1) is 14.6. The van der Waals surface area contributed by atoms with Crippen LogP contribution >= 0.6 is 11.6 Å². The molecule has 0 spiro atoms. The predicted octanol–water partition coefficient (Wildman–Crippen LogP) is 2.62. The van der Waals surface area contributed by atoms with Gasteiger partial charge in [0.05, 0.1) is 11.9 Å². The van der Waals surface area contributed by atoms with Crippen LogP contribution in [-0.4, -0.2) is 20.9 Å². The van der Waals surface area contributed by atoms with E-state index in [-0.39, 0.29) is 11.6 Å². The molecule has 1 aromatic carbocycles. The van der Waals surface area contributed by atoms with Crippen LogP contribution in [0, 0.1) is 0 Å². The summed E-state index contributed by atoms with van der Waals surface area (Å²) in [5, 5.41) is 17.0. The van der Waals surface area contributed by atoms with Gasteiger partial charge in [-0.2, -0.15) is 5.10 Å². The van der Waals surface area contributed by atoms with Gasteiger partial charge in [0, 0.05) is 24.7 Å². The van der Waals surface area contributed by atoms with E-state index < -0.39 is 5.97 Å². The topological polar surface area (TPSA) is 67.2 Å². The van der Waals surface area contributed by atoms with Crippen molar-refractivity contribution in [1.29, 1.82) is 0 Å². The van der Waals surface area contributed by atoms with Crippen molar-refractivity contribution in [1.82, 2.24) is 15.1 Å². The second kappa shape index (κ2) is 6.07. The van der Waals surface area contributed by atoms with Gasteiger partial charge < -0.3 is 10.4 Å². The van der Waals surface area contributed by atoms with Crippen molar-refractivity contribution in [3.63, 3.8) is 0 Å². The van der Waals surface area contributed by atoms with E-state index in [9.17, 15) is 4.79 Å². The van der Waals surface area contributed by atoms with E-state index in [1.54, 1.807) is 11.7 Å². The van der Waals surface area contributed by atoms with Gasteiger partial charge in [-0.15, -0.1) is 0 Å². The molecule has 1 atom stereocenters. The molecule has 0 aliphatic rings. The number of aryl methyl sites for hydroxylation is 1. The van der Waals surface area contributed by atoms with Crippen molar-refractivity contribution in [2.45, 2.75) is 19.5 Å². The molecule has 0 fully saturated rings. The third-order valence-corrected chi connectivity index (χ3v) is 3.58. The molecule has 0 saturated carbocycles. The van der Waals surface area contributed by atoms with Gasteiger partial charge in [-0.05, 0) is 18.6 Å². The standard InChI is InChI=1S/C14H16ClN3O2/c1-9(10-5-3-4-6-12(10)15)16-8-13-11(14(19)20)7-17-18(13)2/h3-7,9,16H,8H2,1-2H3,(H,19,20)/t9-/m0/s1. The van der Waals surface area contributed by atoms with Crippen LogP contribution in [0.25, 0.3) is 0 Å². The number of aromatic nitrogens is 2. The van der Waals surface area contributed by atoms with Crippen LogP contribution in [0.2, 0.25) is 5.02 Å². The summed E-state index contributed by atoms with van der Waals surface area (Å²) >= 11 is 6.14. The fourth-order valence-corrected chi connectivity index (χ4v) is 2.34. The highest BCUT2D eigenvalue weighted by atomic mass is 35.5. The molecule has 1 aromatic heterocycles. The van der Waals surface area contributed by atoms with Crippen LogP contribution in [0.1, 0.15) is 34.6 Å². The zero-order chi connectivity index (χ0) is 14.7. The highest BCUT2D eigenvalue weighted by molar-refractivity contribution is 6.31. The van der Waals surface area contributed by atoms with Gasteiger partial charge in [-0.3, -0.25) is 4.68 Å². The van der Waals surface area contributed by atoms with Crippen molar-refractivity contribution in [2.24, 2.45) is 7.05 Å². The normalized spacial score (nSPS) is 12.3. The minimum Gasteiger partial charge on any atom is -0.478 e. The molecule has 5 nitrogen and oxygen atoms in total. The summed E-state index contributed by atoms with van der Waals surface area (Å²) in [5.41, 5.74) is 1.83. The summed E-state index contributed by atoms with van der Waals surface area (Å²) in [5.74, 6) is -0.972. The van der Waals surface area contributed by atoms with Gasteiger partial charge in [-0.1, -0.05) is 29.8 Å². The van der Waals surface area contributed by atoms with Crippen molar-refractivity contribution in [3.8, 4) is 0 Å². The number of benzene rings is 1. The molecular formula is C14H16ClN3O2. The lowest BCUT2D eigenvalue weighted by Crippen LogP contribution is -2.21. The van der Waals surface area contributed by atoms with Crippen LogP contribution in [0.3, 0.4) is 0 Å². The van der Waals surface area contributed by atoms with Crippen LogP contribution in [0.4, 0.5) is 0 Å². The van der Waals surface area contributed by atoms with E-state index in [0.717, 1.165) is 5.56 Å².